The van der Waals surface area contributed by atoms with Crippen molar-refractivity contribution < 1.29 is 19.1 Å². The largest absolute Gasteiger partial charge is 0.378 e. The van der Waals surface area contributed by atoms with Crippen molar-refractivity contribution in [3.63, 3.8) is 0 Å². The second kappa shape index (κ2) is 10.6. The lowest BCUT2D eigenvalue weighted by molar-refractivity contribution is -0.120. The lowest BCUT2D eigenvalue weighted by atomic mass is 10.1. The minimum atomic E-state index is -0.687. The van der Waals surface area contributed by atoms with Crippen LogP contribution in [-0.2, 0) is 16.1 Å². The molecule has 1 saturated heterocycles. The van der Waals surface area contributed by atoms with Gasteiger partial charge in [0, 0.05) is 30.2 Å². The summed E-state index contributed by atoms with van der Waals surface area (Å²) in [7, 11) is 0. The second-order valence-electron chi connectivity index (χ2n) is 8.94. The molecule has 0 bridgehead atoms. The van der Waals surface area contributed by atoms with Gasteiger partial charge in [-0.25, -0.2) is 4.98 Å². The van der Waals surface area contributed by atoms with E-state index in [2.05, 4.69) is 20.5 Å². The maximum atomic E-state index is 13.2. The Labute approximate surface area is 219 Å². The zero-order valence-corrected chi connectivity index (χ0v) is 21.0. The number of halogens is 1. The number of ether oxygens (including phenoxy) is 1. The summed E-state index contributed by atoms with van der Waals surface area (Å²) >= 11 is 6.04. The van der Waals surface area contributed by atoms with Crippen LogP contribution in [0.2, 0.25) is 5.02 Å². The summed E-state index contributed by atoms with van der Waals surface area (Å²) < 4.78 is 5.38. The Morgan fingerprint density at radius 3 is 2.57 bits per heavy atom. The highest BCUT2D eigenvalue weighted by atomic mass is 35.5. The van der Waals surface area contributed by atoms with Gasteiger partial charge >= 0.3 is 0 Å². The number of aromatic nitrogens is 1. The minimum absolute atomic E-state index is 0.210. The van der Waals surface area contributed by atoms with E-state index in [-0.39, 0.29) is 24.3 Å². The Bertz CT molecular complexity index is 1320. The first kappa shape index (κ1) is 24.7. The SMILES string of the molecule is CC1C(=O)Nc2cc(Cl)ccc2C(=O)N1Cc1ccc(C(=O)Nc2ccc(N3CCOCC3)cn2)cc1. The molecule has 0 spiro atoms. The van der Waals surface area contributed by atoms with E-state index in [1.165, 1.54) is 4.90 Å². The average Bonchev–Trinajstić information content (AvgIpc) is 3.00. The lowest BCUT2D eigenvalue weighted by Crippen LogP contribution is -2.42. The Hall–Kier alpha value is -3.95. The van der Waals surface area contributed by atoms with Gasteiger partial charge in [0.25, 0.3) is 11.8 Å². The molecule has 1 atom stereocenters. The molecule has 2 aliphatic rings. The van der Waals surface area contributed by atoms with Crippen LogP contribution in [0.1, 0.15) is 33.2 Å². The molecule has 37 heavy (non-hydrogen) atoms. The number of hydrogen-bond acceptors (Lipinski definition) is 6. The summed E-state index contributed by atoms with van der Waals surface area (Å²) in [4.78, 5) is 46.7. The number of benzene rings is 2. The molecule has 9 nitrogen and oxygen atoms in total. The Morgan fingerprint density at radius 2 is 1.86 bits per heavy atom. The third-order valence-corrected chi connectivity index (χ3v) is 6.75. The molecule has 3 aromatic rings. The molecule has 0 saturated carbocycles. The zero-order valence-electron chi connectivity index (χ0n) is 20.2. The van der Waals surface area contributed by atoms with E-state index in [9.17, 15) is 14.4 Å². The number of hydrogen-bond donors (Lipinski definition) is 2. The van der Waals surface area contributed by atoms with E-state index in [1.807, 2.05) is 6.07 Å². The molecule has 5 rings (SSSR count). The third kappa shape index (κ3) is 5.42. The van der Waals surface area contributed by atoms with Crippen LogP contribution in [0.3, 0.4) is 0 Å². The number of morpholine rings is 1. The van der Waals surface area contributed by atoms with Crippen molar-refractivity contribution in [2.75, 3.05) is 41.8 Å². The van der Waals surface area contributed by atoms with Gasteiger partial charge in [0.1, 0.15) is 11.9 Å². The average molecular weight is 520 g/mol. The number of anilines is 3. The summed E-state index contributed by atoms with van der Waals surface area (Å²) in [5.74, 6) is -0.397. The molecule has 3 amide bonds. The van der Waals surface area contributed by atoms with Gasteiger partial charge in [0.05, 0.1) is 36.3 Å². The normalized spacial score (nSPS) is 17.6. The number of pyridine rings is 1. The van der Waals surface area contributed by atoms with Crippen molar-refractivity contribution in [1.82, 2.24) is 9.88 Å². The number of carbonyl (C=O) groups excluding carboxylic acids is 3. The number of fused-ring (bicyclic) bond motifs is 1. The van der Waals surface area contributed by atoms with Crippen molar-refractivity contribution in [2.45, 2.75) is 19.5 Å². The smallest absolute Gasteiger partial charge is 0.256 e. The predicted molar refractivity (Wildman–Crippen MR) is 141 cm³/mol. The van der Waals surface area contributed by atoms with Crippen molar-refractivity contribution in [1.29, 1.82) is 0 Å². The van der Waals surface area contributed by atoms with Crippen LogP contribution in [0.5, 0.6) is 0 Å². The highest BCUT2D eigenvalue weighted by Crippen LogP contribution is 2.27. The van der Waals surface area contributed by atoms with E-state index in [0.717, 1.165) is 24.3 Å². The van der Waals surface area contributed by atoms with Crippen molar-refractivity contribution in [2.24, 2.45) is 0 Å². The molecule has 0 aliphatic carbocycles. The van der Waals surface area contributed by atoms with Crippen molar-refractivity contribution in [3.8, 4) is 0 Å². The fraction of sp³-hybridized carbons (Fsp3) is 0.259. The van der Waals surface area contributed by atoms with Crippen LogP contribution >= 0.6 is 11.6 Å². The fourth-order valence-electron chi connectivity index (χ4n) is 4.34. The first-order chi connectivity index (χ1) is 17.9. The van der Waals surface area contributed by atoms with Gasteiger partial charge in [-0.1, -0.05) is 23.7 Å². The summed E-state index contributed by atoms with van der Waals surface area (Å²) in [6.45, 7) is 4.89. The number of nitrogens with zero attached hydrogens (tertiary/aromatic N) is 3. The quantitative estimate of drug-likeness (QED) is 0.531. The molecule has 1 aromatic heterocycles. The molecule has 2 aliphatic heterocycles. The van der Waals surface area contributed by atoms with Crippen LogP contribution in [0.4, 0.5) is 17.2 Å². The molecule has 2 N–H and O–H groups in total. The monoisotopic (exact) mass is 519 g/mol. The van der Waals surface area contributed by atoms with Crippen molar-refractivity contribution >= 4 is 46.5 Å². The molecule has 10 heteroatoms. The van der Waals surface area contributed by atoms with Crippen LogP contribution in [-0.4, -0.2) is 60.0 Å². The van der Waals surface area contributed by atoms with Crippen LogP contribution in [0.25, 0.3) is 0 Å². The highest BCUT2D eigenvalue weighted by Gasteiger charge is 2.32. The first-order valence-electron chi connectivity index (χ1n) is 12.0. The lowest BCUT2D eigenvalue weighted by Gasteiger charge is -2.28. The first-order valence-corrected chi connectivity index (χ1v) is 12.4. The predicted octanol–water partition coefficient (Wildman–Crippen LogP) is 3.81. The van der Waals surface area contributed by atoms with Crippen LogP contribution in [0.15, 0.2) is 60.8 Å². The second-order valence-corrected chi connectivity index (χ2v) is 9.38. The number of rotatable bonds is 5. The fourth-order valence-corrected chi connectivity index (χ4v) is 4.51. The van der Waals surface area contributed by atoms with E-state index < -0.39 is 6.04 Å². The van der Waals surface area contributed by atoms with Crippen LogP contribution in [0, 0.1) is 0 Å². The van der Waals surface area contributed by atoms with E-state index in [0.29, 0.717) is 40.9 Å². The third-order valence-electron chi connectivity index (χ3n) is 6.51. The Kier molecular flexibility index (Phi) is 7.07. The molecule has 0 radical (unpaired) electrons. The molecule has 3 heterocycles. The summed E-state index contributed by atoms with van der Waals surface area (Å²) in [5, 5.41) is 6.02. The van der Waals surface area contributed by atoms with Gasteiger partial charge in [-0.3, -0.25) is 14.4 Å². The van der Waals surface area contributed by atoms with E-state index in [1.54, 1.807) is 61.7 Å². The van der Waals surface area contributed by atoms with Gasteiger partial charge in [-0.05, 0) is 55.0 Å². The maximum Gasteiger partial charge on any atom is 0.256 e. The Morgan fingerprint density at radius 1 is 1.11 bits per heavy atom. The topological polar surface area (TPSA) is 104 Å². The number of amides is 3. The standard InChI is InChI=1S/C27H26ClN5O4/c1-17-25(34)30-23-14-20(28)6-8-22(23)27(36)33(17)16-18-2-4-19(5-3-18)26(35)31-24-9-7-21(15-29-24)32-10-12-37-13-11-32/h2-9,14-15,17H,10-13,16H2,1H3,(H,30,34)(H,29,31,35). The minimum Gasteiger partial charge on any atom is -0.378 e. The summed E-state index contributed by atoms with van der Waals surface area (Å²) in [5.41, 5.74) is 3.01. The van der Waals surface area contributed by atoms with Gasteiger partial charge in [0.2, 0.25) is 5.91 Å². The zero-order chi connectivity index (χ0) is 25.9. The molecule has 190 valence electrons. The van der Waals surface area contributed by atoms with Gasteiger partial charge in [-0.15, -0.1) is 0 Å². The molecule has 2 aromatic carbocycles. The van der Waals surface area contributed by atoms with Gasteiger partial charge < -0.3 is 25.2 Å². The molecule has 1 unspecified atom stereocenters. The number of nitrogens with one attached hydrogen (secondary N) is 2. The van der Waals surface area contributed by atoms with Crippen LogP contribution < -0.4 is 15.5 Å². The van der Waals surface area contributed by atoms with E-state index >= 15 is 0 Å². The van der Waals surface area contributed by atoms with E-state index in [4.69, 9.17) is 16.3 Å². The highest BCUT2D eigenvalue weighted by molar-refractivity contribution is 6.31. The summed E-state index contributed by atoms with van der Waals surface area (Å²) in [6, 6.07) is 14.7. The molecule has 1 fully saturated rings. The summed E-state index contributed by atoms with van der Waals surface area (Å²) in [6.07, 6.45) is 1.74. The molecular weight excluding hydrogens is 494 g/mol. The number of carbonyl (C=O) groups is 3. The van der Waals surface area contributed by atoms with Gasteiger partial charge in [0.15, 0.2) is 0 Å². The maximum absolute atomic E-state index is 13.2. The Balaban J connectivity index is 1.25. The van der Waals surface area contributed by atoms with Crippen molar-refractivity contribution in [3.05, 3.63) is 82.5 Å². The van der Waals surface area contributed by atoms with Gasteiger partial charge in [-0.2, -0.15) is 0 Å². The molecular formula is C27H26ClN5O4.